The average Bonchev–Trinajstić information content (AvgIpc) is 3.26. The zero-order valence-corrected chi connectivity index (χ0v) is 40.9. The van der Waals surface area contributed by atoms with Gasteiger partial charge in [-0.1, -0.05) is 244 Å². The van der Waals surface area contributed by atoms with E-state index in [4.69, 9.17) is 4.74 Å². The smallest absolute Gasteiger partial charge is 0.305 e. The second kappa shape index (κ2) is 51.0. The van der Waals surface area contributed by atoms with Crippen LogP contribution in [0.3, 0.4) is 0 Å². The van der Waals surface area contributed by atoms with E-state index in [0.29, 0.717) is 19.4 Å². The van der Waals surface area contributed by atoms with Gasteiger partial charge in [0.1, 0.15) is 0 Å². The number of esters is 1. The lowest BCUT2D eigenvalue weighted by Crippen LogP contribution is -2.45. The highest BCUT2D eigenvalue weighted by molar-refractivity contribution is 5.76. The number of carbonyl (C=O) groups excluding carboxylic acids is 2. The minimum Gasteiger partial charge on any atom is -0.466 e. The van der Waals surface area contributed by atoms with E-state index >= 15 is 0 Å². The quantitative estimate of drug-likeness (QED) is 0.0322. The Morgan fingerprint density at radius 3 is 1.16 bits per heavy atom. The van der Waals surface area contributed by atoms with Gasteiger partial charge in [-0.2, -0.15) is 0 Å². The van der Waals surface area contributed by atoms with Crippen molar-refractivity contribution in [2.45, 2.75) is 302 Å². The number of ether oxygens (including phenoxy) is 1. The molecule has 3 N–H and O–H groups in total. The molecule has 0 aliphatic rings. The minimum atomic E-state index is -0.845. The molecule has 0 aromatic heterocycles. The Morgan fingerprint density at radius 1 is 0.443 bits per heavy atom. The Hall–Kier alpha value is -1.66. The summed E-state index contributed by atoms with van der Waals surface area (Å²) >= 11 is 0. The Kier molecular flexibility index (Phi) is 49.6. The molecule has 6 heteroatoms. The molecule has 61 heavy (non-hydrogen) atoms. The van der Waals surface area contributed by atoms with Crippen molar-refractivity contribution >= 4 is 11.9 Å². The van der Waals surface area contributed by atoms with E-state index in [9.17, 15) is 19.8 Å². The number of hydrogen-bond acceptors (Lipinski definition) is 5. The molecule has 2 atom stereocenters. The summed E-state index contributed by atoms with van der Waals surface area (Å²) in [7, 11) is 0. The van der Waals surface area contributed by atoms with Crippen molar-refractivity contribution in [1.82, 2.24) is 5.32 Å². The molecule has 0 aromatic rings. The lowest BCUT2D eigenvalue weighted by Gasteiger charge is -2.20. The molecule has 0 aliphatic carbocycles. The molecule has 1 amide bonds. The second-order valence-electron chi connectivity index (χ2n) is 18.6. The van der Waals surface area contributed by atoms with Crippen molar-refractivity contribution in [3.8, 4) is 0 Å². The van der Waals surface area contributed by atoms with Crippen molar-refractivity contribution in [3.63, 3.8) is 0 Å². The highest BCUT2D eigenvalue weighted by atomic mass is 16.5. The van der Waals surface area contributed by atoms with Gasteiger partial charge in [0.2, 0.25) is 5.91 Å². The monoisotopic (exact) mass is 860 g/mol. The summed E-state index contributed by atoms with van der Waals surface area (Å²) in [5.74, 6) is -0.0657. The number of carbonyl (C=O) groups is 2. The minimum absolute atomic E-state index is 0.0112. The van der Waals surface area contributed by atoms with Gasteiger partial charge in [0.25, 0.3) is 0 Å². The standard InChI is InChI=1S/C55H105NO5/c1-3-5-7-9-11-13-14-29-33-37-41-45-49-55(60)61-50-46-42-38-34-30-27-25-23-21-19-17-15-16-18-20-22-24-26-28-32-36-40-44-48-54(59)56-52(51-57)53(58)47-43-39-35-31-12-10-8-6-4-2/h18,20,43,47,52-53,57-58H,3-17,19,21-42,44-46,48-51H2,1-2H3,(H,56,59)/b20-18-,47-43+. The first-order valence-electron chi connectivity index (χ1n) is 27.1. The summed E-state index contributed by atoms with van der Waals surface area (Å²) in [4.78, 5) is 24.4. The number of allylic oxidation sites excluding steroid dienone is 3. The molecule has 2 unspecified atom stereocenters. The SMILES string of the molecule is CCCCCCCCC/C=C/C(O)C(CO)NC(=O)CCCCCCCCC/C=C\CCCCCCCCCCCCCCOC(=O)CCCCCCCCCCCCCC. The molecule has 0 aliphatic heterocycles. The first-order chi connectivity index (χ1) is 30.0. The third-order valence-corrected chi connectivity index (χ3v) is 12.5. The predicted octanol–water partition coefficient (Wildman–Crippen LogP) is 16.3. The molecule has 0 heterocycles. The van der Waals surface area contributed by atoms with Crippen LogP contribution < -0.4 is 5.32 Å². The van der Waals surface area contributed by atoms with Crippen LogP contribution in [0, 0.1) is 0 Å². The third-order valence-electron chi connectivity index (χ3n) is 12.5. The van der Waals surface area contributed by atoms with Crippen molar-refractivity contribution in [2.75, 3.05) is 13.2 Å². The number of unbranched alkanes of at least 4 members (excludes halogenated alkanes) is 37. The van der Waals surface area contributed by atoms with E-state index in [2.05, 4.69) is 31.3 Å². The van der Waals surface area contributed by atoms with E-state index in [-0.39, 0.29) is 18.5 Å². The van der Waals surface area contributed by atoms with Crippen LogP contribution in [0.4, 0.5) is 0 Å². The number of aliphatic hydroxyl groups excluding tert-OH is 2. The van der Waals surface area contributed by atoms with Crippen molar-refractivity contribution < 1.29 is 24.5 Å². The Balaban J connectivity index is 3.40. The van der Waals surface area contributed by atoms with Crippen LogP contribution in [-0.4, -0.2) is 47.4 Å². The molecule has 0 spiro atoms. The molecule has 0 radical (unpaired) electrons. The normalized spacial score (nSPS) is 12.8. The van der Waals surface area contributed by atoms with Crippen LogP contribution in [0.5, 0.6) is 0 Å². The van der Waals surface area contributed by atoms with Crippen molar-refractivity contribution in [2.24, 2.45) is 0 Å². The van der Waals surface area contributed by atoms with Crippen molar-refractivity contribution in [1.29, 1.82) is 0 Å². The van der Waals surface area contributed by atoms with E-state index in [0.717, 1.165) is 44.9 Å². The molecule has 360 valence electrons. The molecule has 0 aromatic carbocycles. The van der Waals surface area contributed by atoms with Gasteiger partial charge >= 0.3 is 5.97 Å². The van der Waals surface area contributed by atoms with E-state index < -0.39 is 12.1 Å². The van der Waals surface area contributed by atoms with Crippen LogP contribution in [-0.2, 0) is 14.3 Å². The Labute approximate surface area is 380 Å². The van der Waals surface area contributed by atoms with E-state index in [1.54, 1.807) is 6.08 Å². The van der Waals surface area contributed by atoms with Gasteiger partial charge in [0.05, 0.1) is 25.4 Å². The number of nitrogens with one attached hydrogen (secondary N) is 1. The fourth-order valence-electron chi connectivity index (χ4n) is 8.27. The fraction of sp³-hybridized carbons (Fsp3) is 0.891. The maximum Gasteiger partial charge on any atom is 0.305 e. The molecular formula is C55H105NO5. The third kappa shape index (κ3) is 47.7. The number of aliphatic hydroxyl groups is 2. The summed E-state index contributed by atoms with van der Waals surface area (Å²) in [6.45, 7) is 4.87. The topological polar surface area (TPSA) is 95.9 Å². The first kappa shape index (κ1) is 59.3. The first-order valence-corrected chi connectivity index (χ1v) is 27.1. The number of amides is 1. The van der Waals surface area contributed by atoms with Crippen LogP contribution >= 0.6 is 0 Å². The van der Waals surface area contributed by atoms with Gasteiger partial charge < -0.3 is 20.3 Å². The summed E-state index contributed by atoms with van der Waals surface area (Å²) in [6.07, 6.45) is 60.6. The van der Waals surface area contributed by atoms with E-state index in [1.807, 2.05) is 6.08 Å². The van der Waals surface area contributed by atoms with Gasteiger partial charge in [-0.05, 0) is 57.8 Å². The lowest BCUT2D eigenvalue weighted by atomic mass is 10.0. The molecular weight excluding hydrogens is 755 g/mol. The lowest BCUT2D eigenvalue weighted by molar-refractivity contribution is -0.143. The zero-order valence-electron chi connectivity index (χ0n) is 40.9. The average molecular weight is 860 g/mol. The predicted molar refractivity (Wildman–Crippen MR) is 264 cm³/mol. The highest BCUT2D eigenvalue weighted by Gasteiger charge is 2.18. The summed E-state index contributed by atoms with van der Waals surface area (Å²) in [5, 5.41) is 22.9. The fourth-order valence-corrected chi connectivity index (χ4v) is 8.27. The molecule has 0 saturated heterocycles. The van der Waals surface area contributed by atoms with Gasteiger partial charge in [-0.15, -0.1) is 0 Å². The molecule has 0 rings (SSSR count). The molecule has 0 bridgehead atoms. The second-order valence-corrected chi connectivity index (χ2v) is 18.6. The largest absolute Gasteiger partial charge is 0.466 e. The van der Waals surface area contributed by atoms with Crippen molar-refractivity contribution in [3.05, 3.63) is 24.3 Å². The maximum atomic E-state index is 12.4. The number of hydrogen-bond donors (Lipinski definition) is 3. The Morgan fingerprint density at radius 2 is 0.770 bits per heavy atom. The van der Waals surface area contributed by atoms with Crippen LogP contribution in [0.25, 0.3) is 0 Å². The summed E-state index contributed by atoms with van der Waals surface area (Å²) in [5.41, 5.74) is 0. The molecule has 6 nitrogen and oxygen atoms in total. The summed E-state index contributed by atoms with van der Waals surface area (Å²) in [6, 6.07) is -0.629. The molecule has 0 fully saturated rings. The van der Waals surface area contributed by atoms with Crippen LogP contribution in [0.15, 0.2) is 24.3 Å². The van der Waals surface area contributed by atoms with Gasteiger partial charge in [-0.25, -0.2) is 0 Å². The van der Waals surface area contributed by atoms with E-state index in [1.165, 1.54) is 218 Å². The van der Waals surface area contributed by atoms with Crippen LogP contribution in [0.2, 0.25) is 0 Å². The Bertz CT molecular complexity index is 951. The van der Waals surface area contributed by atoms with Gasteiger partial charge in [0.15, 0.2) is 0 Å². The van der Waals surface area contributed by atoms with Gasteiger partial charge in [-0.3, -0.25) is 9.59 Å². The van der Waals surface area contributed by atoms with Gasteiger partial charge in [0, 0.05) is 12.8 Å². The summed E-state index contributed by atoms with van der Waals surface area (Å²) < 4.78 is 5.46. The van der Waals surface area contributed by atoms with Crippen LogP contribution in [0.1, 0.15) is 290 Å². The highest BCUT2D eigenvalue weighted by Crippen LogP contribution is 2.16. The zero-order chi connectivity index (χ0) is 44.4. The molecule has 0 saturated carbocycles. The maximum absolute atomic E-state index is 12.4. The number of rotatable bonds is 50.